The second-order valence-corrected chi connectivity index (χ2v) is 5.78. The number of carboxylic acids is 1. The van der Waals surface area contributed by atoms with E-state index in [1.54, 1.807) is 6.07 Å². The lowest BCUT2D eigenvalue weighted by Crippen LogP contribution is -2.16. The van der Waals surface area contributed by atoms with Crippen molar-refractivity contribution in [3.8, 4) is 0 Å². The lowest BCUT2D eigenvalue weighted by molar-refractivity contribution is 0.0663. The molecule has 0 aliphatic heterocycles. The molecule has 0 radical (unpaired) electrons. The number of para-hydroxylation sites is 1. The van der Waals surface area contributed by atoms with Gasteiger partial charge in [0.25, 0.3) is 0 Å². The Morgan fingerprint density at radius 1 is 1.29 bits per heavy atom. The van der Waals surface area contributed by atoms with Crippen molar-refractivity contribution in [2.24, 2.45) is 5.92 Å². The van der Waals surface area contributed by atoms with Gasteiger partial charge in [-0.3, -0.25) is 0 Å². The van der Waals surface area contributed by atoms with Crippen LogP contribution in [0.25, 0.3) is 11.0 Å². The normalized spacial score (nSPS) is 11.4. The Labute approximate surface area is 125 Å². The molecule has 2 aromatic rings. The second-order valence-electron chi connectivity index (χ2n) is 5.78. The Bertz CT molecular complexity index is 601. The first kappa shape index (κ1) is 15.6. The van der Waals surface area contributed by atoms with Crippen LogP contribution in [0.1, 0.15) is 49.2 Å². The molecule has 0 atom stereocenters. The zero-order valence-corrected chi connectivity index (χ0v) is 12.7. The molecule has 0 fully saturated rings. The summed E-state index contributed by atoms with van der Waals surface area (Å²) >= 11 is 0. The van der Waals surface area contributed by atoms with E-state index >= 15 is 0 Å². The van der Waals surface area contributed by atoms with Crippen LogP contribution in [0.3, 0.4) is 0 Å². The number of carboxylic acid groups (broad SMARTS) is 1. The van der Waals surface area contributed by atoms with Crippen LogP contribution in [-0.4, -0.2) is 17.6 Å². The van der Waals surface area contributed by atoms with Gasteiger partial charge in [0.1, 0.15) is 5.58 Å². The number of rotatable bonds is 8. The maximum Gasteiger partial charge on any atom is 0.372 e. The highest BCUT2D eigenvalue weighted by Crippen LogP contribution is 2.25. The first-order chi connectivity index (χ1) is 10.1. The zero-order chi connectivity index (χ0) is 15.2. The summed E-state index contributed by atoms with van der Waals surface area (Å²) in [5.74, 6) is -0.227. The minimum atomic E-state index is -1.01. The van der Waals surface area contributed by atoms with Crippen LogP contribution >= 0.6 is 0 Å². The fourth-order valence-corrected chi connectivity index (χ4v) is 2.46. The summed E-state index contributed by atoms with van der Waals surface area (Å²) in [6.45, 7) is 5.87. The standard InChI is InChI=1S/C17H23NO3/c1-12(2)7-5-6-10-18-11-14-13-8-3-4-9-15(13)21-16(14)17(19)20/h3-4,8-9,12,18H,5-7,10-11H2,1-2H3,(H,19,20). The van der Waals surface area contributed by atoms with Gasteiger partial charge in [-0.1, -0.05) is 44.9 Å². The van der Waals surface area contributed by atoms with Gasteiger partial charge in [0.15, 0.2) is 0 Å². The molecule has 0 aliphatic rings. The smallest absolute Gasteiger partial charge is 0.372 e. The number of hydrogen-bond donors (Lipinski definition) is 2. The second kappa shape index (κ2) is 7.27. The molecule has 0 unspecified atom stereocenters. The molecule has 0 bridgehead atoms. The molecular weight excluding hydrogens is 266 g/mol. The van der Waals surface area contributed by atoms with Gasteiger partial charge in [-0.25, -0.2) is 4.79 Å². The Hall–Kier alpha value is -1.81. The van der Waals surface area contributed by atoms with Crippen molar-refractivity contribution in [2.45, 2.75) is 39.7 Å². The molecule has 2 N–H and O–H groups in total. The Morgan fingerprint density at radius 2 is 2.05 bits per heavy atom. The first-order valence-electron chi connectivity index (χ1n) is 7.54. The molecule has 0 spiro atoms. The van der Waals surface area contributed by atoms with E-state index in [9.17, 15) is 9.90 Å². The highest BCUT2D eigenvalue weighted by Gasteiger charge is 2.18. The number of aromatic carboxylic acids is 1. The van der Waals surface area contributed by atoms with E-state index in [-0.39, 0.29) is 5.76 Å². The zero-order valence-electron chi connectivity index (χ0n) is 12.7. The summed E-state index contributed by atoms with van der Waals surface area (Å²) in [5.41, 5.74) is 1.37. The van der Waals surface area contributed by atoms with Crippen molar-refractivity contribution < 1.29 is 14.3 Å². The SMILES string of the molecule is CC(C)CCCCNCc1c(C(=O)O)oc2ccccc12. The van der Waals surface area contributed by atoms with Gasteiger partial charge in [0, 0.05) is 17.5 Å². The molecule has 4 nitrogen and oxygen atoms in total. The summed E-state index contributed by atoms with van der Waals surface area (Å²) in [7, 11) is 0. The highest BCUT2D eigenvalue weighted by atomic mass is 16.4. The van der Waals surface area contributed by atoms with Crippen molar-refractivity contribution in [3.63, 3.8) is 0 Å². The third kappa shape index (κ3) is 4.08. The molecular formula is C17H23NO3. The predicted molar refractivity (Wildman–Crippen MR) is 83.6 cm³/mol. The van der Waals surface area contributed by atoms with E-state index in [1.807, 2.05) is 18.2 Å². The summed E-state index contributed by atoms with van der Waals surface area (Å²) in [6, 6.07) is 7.45. The summed E-state index contributed by atoms with van der Waals surface area (Å²) in [6.07, 6.45) is 3.54. The topological polar surface area (TPSA) is 62.5 Å². The van der Waals surface area contributed by atoms with Crippen LogP contribution in [0.15, 0.2) is 28.7 Å². The maximum absolute atomic E-state index is 11.3. The van der Waals surface area contributed by atoms with E-state index in [0.717, 1.165) is 29.8 Å². The van der Waals surface area contributed by atoms with Crippen LogP contribution < -0.4 is 5.32 Å². The number of furan rings is 1. The molecule has 0 saturated carbocycles. The maximum atomic E-state index is 11.3. The number of benzene rings is 1. The molecule has 2 rings (SSSR count). The Kier molecular flexibility index (Phi) is 5.39. The fraction of sp³-hybridized carbons (Fsp3) is 0.471. The molecule has 4 heteroatoms. The van der Waals surface area contributed by atoms with Gasteiger partial charge < -0.3 is 14.8 Å². The number of fused-ring (bicyclic) bond motifs is 1. The molecule has 21 heavy (non-hydrogen) atoms. The molecule has 0 saturated heterocycles. The lowest BCUT2D eigenvalue weighted by Gasteiger charge is -2.06. The number of unbranched alkanes of at least 4 members (excludes halogenated alkanes) is 1. The Balaban J connectivity index is 1.97. The van der Waals surface area contributed by atoms with E-state index in [0.29, 0.717) is 12.1 Å². The van der Waals surface area contributed by atoms with E-state index in [2.05, 4.69) is 19.2 Å². The Morgan fingerprint density at radius 3 is 2.76 bits per heavy atom. The third-order valence-electron chi connectivity index (χ3n) is 3.58. The highest BCUT2D eigenvalue weighted by molar-refractivity contribution is 5.95. The molecule has 0 amide bonds. The average molecular weight is 289 g/mol. The van der Waals surface area contributed by atoms with Gasteiger partial charge in [-0.2, -0.15) is 0 Å². The van der Waals surface area contributed by atoms with E-state index < -0.39 is 5.97 Å². The van der Waals surface area contributed by atoms with Crippen LogP contribution in [0.5, 0.6) is 0 Å². The molecule has 1 heterocycles. The first-order valence-corrected chi connectivity index (χ1v) is 7.54. The van der Waals surface area contributed by atoms with Crippen LogP contribution in [0.4, 0.5) is 0 Å². The van der Waals surface area contributed by atoms with Crippen LogP contribution in [-0.2, 0) is 6.54 Å². The average Bonchev–Trinajstić information content (AvgIpc) is 2.81. The molecule has 1 aromatic heterocycles. The van der Waals surface area contributed by atoms with Gasteiger partial charge in [-0.15, -0.1) is 0 Å². The van der Waals surface area contributed by atoms with Crippen LogP contribution in [0, 0.1) is 5.92 Å². The van der Waals surface area contributed by atoms with Gasteiger partial charge in [-0.05, 0) is 24.9 Å². The van der Waals surface area contributed by atoms with Gasteiger partial charge in [0.05, 0.1) is 0 Å². The van der Waals surface area contributed by atoms with Gasteiger partial charge in [0.2, 0.25) is 5.76 Å². The van der Waals surface area contributed by atoms with Crippen molar-refractivity contribution >= 4 is 16.9 Å². The summed E-state index contributed by atoms with van der Waals surface area (Å²) < 4.78 is 5.43. The summed E-state index contributed by atoms with van der Waals surface area (Å²) in [4.78, 5) is 11.3. The van der Waals surface area contributed by atoms with Crippen molar-refractivity contribution in [2.75, 3.05) is 6.54 Å². The van der Waals surface area contributed by atoms with E-state index in [4.69, 9.17) is 4.42 Å². The molecule has 0 aliphatic carbocycles. The number of nitrogens with one attached hydrogen (secondary N) is 1. The summed E-state index contributed by atoms with van der Waals surface area (Å²) in [5, 5.41) is 13.5. The van der Waals surface area contributed by atoms with Crippen molar-refractivity contribution in [3.05, 3.63) is 35.6 Å². The van der Waals surface area contributed by atoms with Crippen LogP contribution in [0.2, 0.25) is 0 Å². The monoisotopic (exact) mass is 289 g/mol. The minimum Gasteiger partial charge on any atom is -0.475 e. The van der Waals surface area contributed by atoms with Crippen molar-refractivity contribution in [1.82, 2.24) is 5.32 Å². The quantitative estimate of drug-likeness (QED) is 0.720. The largest absolute Gasteiger partial charge is 0.475 e. The third-order valence-corrected chi connectivity index (χ3v) is 3.58. The lowest BCUT2D eigenvalue weighted by atomic mass is 10.1. The minimum absolute atomic E-state index is 0.0471. The predicted octanol–water partition coefficient (Wildman–Crippen LogP) is 4.05. The van der Waals surface area contributed by atoms with Crippen molar-refractivity contribution in [1.29, 1.82) is 0 Å². The fourth-order valence-electron chi connectivity index (χ4n) is 2.46. The number of hydrogen-bond acceptors (Lipinski definition) is 3. The molecule has 114 valence electrons. The molecule has 1 aromatic carbocycles. The van der Waals surface area contributed by atoms with E-state index in [1.165, 1.54) is 12.8 Å². The number of carbonyl (C=O) groups is 1. The van der Waals surface area contributed by atoms with Gasteiger partial charge >= 0.3 is 5.97 Å².